The van der Waals surface area contributed by atoms with Crippen molar-refractivity contribution in [1.82, 2.24) is 9.55 Å². The van der Waals surface area contributed by atoms with Crippen molar-refractivity contribution in [1.29, 1.82) is 0 Å². The van der Waals surface area contributed by atoms with Gasteiger partial charge >= 0.3 is 0 Å². The highest BCUT2D eigenvalue weighted by Crippen LogP contribution is 2.29. The minimum Gasteiger partial charge on any atom is -0.382 e. The summed E-state index contributed by atoms with van der Waals surface area (Å²) in [7, 11) is 1.66. The maximum Gasteiger partial charge on any atom is 0.201 e. The number of nitrogen functional groups attached to an aromatic ring is 1. The highest BCUT2D eigenvalue weighted by Gasteiger charge is 2.10. The first-order valence-corrected chi connectivity index (χ1v) is 7.56. The quantitative estimate of drug-likeness (QED) is 0.753. The van der Waals surface area contributed by atoms with Gasteiger partial charge in [0.2, 0.25) is 5.95 Å². The standard InChI is InChI=1S/C14H19Cl2N3O2/c1-20-6-7-21-5-3-2-4-19-13-9-11(16)10(15)8-12(13)18-14(19)17/h8-9H,2-7H2,1H3,(H2,17,18). The van der Waals surface area contributed by atoms with Crippen LogP contribution >= 0.6 is 23.2 Å². The molecule has 2 N–H and O–H groups in total. The van der Waals surface area contributed by atoms with E-state index >= 15 is 0 Å². The molecule has 0 bridgehead atoms. The van der Waals surface area contributed by atoms with Gasteiger partial charge in [-0.15, -0.1) is 0 Å². The normalized spacial score (nSPS) is 11.4. The zero-order valence-corrected chi connectivity index (χ0v) is 13.5. The van der Waals surface area contributed by atoms with Gasteiger partial charge in [0, 0.05) is 20.3 Å². The maximum absolute atomic E-state index is 6.06. The van der Waals surface area contributed by atoms with Crippen LogP contribution in [0.3, 0.4) is 0 Å². The largest absolute Gasteiger partial charge is 0.382 e. The number of hydrogen-bond donors (Lipinski definition) is 1. The van der Waals surface area contributed by atoms with E-state index in [1.165, 1.54) is 0 Å². The molecule has 0 atom stereocenters. The Labute approximate surface area is 133 Å². The number of anilines is 1. The fraction of sp³-hybridized carbons (Fsp3) is 0.500. The molecule has 116 valence electrons. The van der Waals surface area contributed by atoms with Crippen molar-refractivity contribution in [2.24, 2.45) is 0 Å². The molecule has 0 aliphatic heterocycles. The zero-order valence-electron chi connectivity index (χ0n) is 11.9. The first-order chi connectivity index (χ1) is 10.1. The number of nitrogens with zero attached hydrogens (tertiary/aromatic N) is 2. The number of fused-ring (bicyclic) bond motifs is 1. The summed E-state index contributed by atoms with van der Waals surface area (Å²) in [6.45, 7) is 2.73. The molecule has 0 aliphatic rings. The Balaban J connectivity index is 1.93. The summed E-state index contributed by atoms with van der Waals surface area (Å²) >= 11 is 12.0. The van der Waals surface area contributed by atoms with Crippen LogP contribution in [0.5, 0.6) is 0 Å². The minimum absolute atomic E-state index is 0.476. The second-order valence-electron chi connectivity index (χ2n) is 4.69. The summed E-state index contributed by atoms with van der Waals surface area (Å²) in [5.74, 6) is 0.476. The highest BCUT2D eigenvalue weighted by atomic mass is 35.5. The number of benzene rings is 1. The van der Waals surface area contributed by atoms with Crippen LogP contribution in [0.4, 0.5) is 5.95 Å². The lowest BCUT2D eigenvalue weighted by atomic mass is 10.3. The number of aromatic nitrogens is 2. The van der Waals surface area contributed by atoms with Crippen LogP contribution < -0.4 is 5.73 Å². The summed E-state index contributed by atoms with van der Waals surface area (Å²) in [6, 6.07) is 3.54. The van der Waals surface area contributed by atoms with Gasteiger partial charge in [-0.2, -0.15) is 0 Å². The van der Waals surface area contributed by atoms with Crippen molar-refractivity contribution in [3.63, 3.8) is 0 Å². The Bertz CT molecular complexity index is 601. The molecule has 2 rings (SSSR count). The van der Waals surface area contributed by atoms with E-state index in [1.807, 2.05) is 4.57 Å². The van der Waals surface area contributed by atoms with Crippen LogP contribution in [0.25, 0.3) is 11.0 Å². The van der Waals surface area contributed by atoms with E-state index in [-0.39, 0.29) is 0 Å². The van der Waals surface area contributed by atoms with Crippen molar-refractivity contribution in [2.75, 3.05) is 32.7 Å². The molecule has 2 aromatic rings. The number of ether oxygens (including phenoxy) is 2. The van der Waals surface area contributed by atoms with E-state index < -0.39 is 0 Å². The lowest BCUT2D eigenvalue weighted by Gasteiger charge is -2.07. The number of imidazole rings is 1. The second-order valence-corrected chi connectivity index (χ2v) is 5.50. The summed E-state index contributed by atoms with van der Waals surface area (Å²) < 4.78 is 12.3. The minimum atomic E-state index is 0.476. The number of aryl methyl sites for hydroxylation is 1. The number of rotatable bonds is 8. The number of hydrogen-bond acceptors (Lipinski definition) is 4. The third kappa shape index (κ3) is 4.23. The summed E-state index contributed by atoms with van der Waals surface area (Å²) in [5.41, 5.74) is 7.62. The monoisotopic (exact) mass is 331 g/mol. The second kappa shape index (κ2) is 7.84. The Hall–Kier alpha value is -1.01. The van der Waals surface area contributed by atoms with E-state index in [1.54, 1.807) is 19.2 Å². The predicted molar refractivity (Wildman–Crippen MR) is 86.1 cm³/mol. The molecule has 0 radical (unpaired) electrons. The number of halogens is 2. The van der Waals surface area contributed by atoms with Gasteiger partial charge in [-0.05, 0) is 25.0 Å². The maximum atomic E-state index is 6.06. The molecule has 1 aromatic heterocycles. The third-order valence-electron chi connectivity index (χ3n) is 3.17. The van der Waals surface area contributed by atoms with Gasteiger partial charge in [-0.1, -0.05) is 23.2 Å². The fourth-order valence-electron chi connectivity index (χ4n) is 2.09. The molecule has 21 heavy (non-hydrogen) atoms. The molecular weight excluding hydrogens is 313 g/mol. The van der Waals surface area contributed by atoms with Crippen LogP contribution in [0.15, 0.2) is 12.1 Å². The first-order valence-electron chi connectivity index (χ1n) is 6.81. The molecule has 0 amide bonds. The number of methoxy groups -OCH3 is 1. The van der Waals surface area contributed by atoms with Crippen molar-refractivity contribution < 1.29 is 9.47 Å². The first kappa shape index (κ1) is 16.4. The van der Waals surface area contributed by atoms with Crippen LogP contribution in [-0.4, -0.2) is 36.5 Å². The van der Waals surface area contributed by atoms with E-state index in [9.17, 15) is 0 Å². The van der Waals surface area contributed by atoms with Gasteiger partial charge in [-0.3, -0.25) is 0 Å². The molecule has 1 aromatic carbocycles. The lowest BCUT2D eigenvalue weighted by molar-refractivity contribution is 0.0684. The molecule has 7 heteroatoms. The van der Waals surface area contributed by atoms with E-state index in [4.69, 9.17) is 38.4 Å². The van der Waals surface area contributed by atoms with Crippen LogP contribution in [0.1, 0.15) is 12.8 Å². The zero-order chi connectivity index (χ0) is 15.2. The van der Waals surface area contributed by atoms with Gasteiger partial charge < -0.3 is 19.8 Å². The van der Waals surface area contributed by atoms with Crippen molar-refractivity contribution >= 4 is 40.2 Å². The summed E-state index contributed by atoms with van der Waals surface area (Å²) in [5, 5.41) is 0.994. The Morgan fingerprint density at radius 1 is 1.14 bits per heavy atom. The predicted octanol–water partition coefficient (Wildman–Crippen LogP) is 3.37. The Morgan fingerprint density at radius 3 is 2.67 bits per heavy atom. The van der Waals surface area contributed by atoms with Gasteiger partial charge in [0.1, 0.15) is 0 Å². The fourth-order valence-corrected chi connectivity index (χ4v) is 2.41. The number of nitrogens with two attached hydrogens (primary N) is 1. The molecule has 0 fully saturated rings. The van der Waals surface area contributed by atoms with E-state index in [0.29, 0.717) is 35.8 Å². The SMILES string of the molecule is COCCOCCCCn1c(N)nc2cc(Cl)c(Cl)cc21. The van der Waals surface area contributed by atoms with E-state index in [2.05, 4.69) is 4.98 Å². The van der Waals surface area contributed by atoms with Crippen molar-refractivity contribution in [2.45, 2.75) is 19.4 Å². The molecule has 0 unspecified atom stereocenters. The van der Waals surface area contributed by atoms with Crippen molar-refractivity contribution in [3.05, 3.63) is 22.2 Å². The van der Waals surface area contributed by atoms with Crippen LogP contribution in [0.2, 0.25) is 10.0 Å². The van der Waals surface area contributed by atoms with Gasteiger partial charge in [0.15, 0.2) is 0 Å². The van der Waals surface area contributed by atoms with Gasteiger partial charge in [0.05, 0.1) is 34.3 Å². The molecule has 1 heterocycles. The molecule has 0 spiro atoms. The molecule has 0 saturated carbocycles. The Morgan fingerprint density at radius 2 is 1.90 bits per heavy atom. The molecular formula is C14H19Cl2N3O2. The average Bonchev–Trinajstić information content (AvgIpc) is 2.74. The topological polar surface area (TPSA) is 62.3 Å². The molecule has 5 nitrogen and oxygen atoms in total. The van der Waals surface area contributed by atoms with E-state index in [0.717, 1.165) is 30.4 Å². The number of unbranched alkanes of at least 4 members (excludes halogenated alkanes) is 1. The van der Waals surface area contributed by atoms with Gasteiger partial charge in [-0.25, -0.2) is 4.98 Å². The highest BCUT2D eigenvalue weighted by molar-refractivity contribution is 6.42. The Kier molecular flexibility index (Phi) is 6.11. The summed E-state index contributed by atoms with van der Waals surface area (Å²) in [6.07, 6.45) is 1.90. The lowest BCUT2D eigenvalue weighted by Crippen LogP contribution is -2.06. The molecule has 0 saturated heterocycles. The average molecular weight is 332 g/mol. The smallest absolute Gasteiger partial charge is 0.201 e. The van der Waals surface area contributed by atoms with Crippen LogP contribution in [0, 0.1) is 0 Å². The summed E-state index contributed by atoms with van der Waals surface area (Å²) in [4.78, 5) is 4.30. The van der Waals surface area contributed by atoms with Crippen LogP contribution in [-0.2, 0) is 16.0 Å². The third-order valence-corrected chi connectivity index (χ3v) is 3.89. The van der Waals surface area contributed by atoms with Gasteiger partial charge in [0.25, 0.3) is 0 Å². The molecule has 0 aliphatic carbocycles. The van der Waals surface area contributed by atoms with Crippen molar-refractivity contribution in [3.8, 4) is 0 Å².